The van der Waals surface area contributed by atoms with Gasteiger partial charge in [0, 0.05) is 10.4 Å². The second-order valence-corrected chi connectivity index (χ2v) is 7.66. The number of ether oxygens (including phenoxy) is 2. The summed E-state index contributed by atoms with van der Waals surface area (Å²) >= 11 is 2.96. The van der Waals surface area contributed by atoms with Crippen molar-refractivity contribution in [3.8, 4) is 11.5 Å². The van der Waals surface area contributed by atoms with Gasteiger partial charge in [0.2, 0.25) is 6.10 Å². The number of para-hydroxylation sites is 2. The van der Waals surface area contributed by atoms with Crippen LogP contribution in [0, 0.1) is 0 Å². The van der Waals surface area contributed by atoms with Crippen molar-refractivity contribution in [2.45, 2.75) is 11.7 Å². The molecule has 0 aliphatic carbocycles. The quantitative estimate of drug-likeness (QED) is 0.706. The Hall–Kier alpha value is -2.35. The van der Waals surface area contributed by atoms with E-state index in [0.29, 0.717) is 11.5 Å². The van der Waals surface area contributed by atoms with E-state index in [1.807, 2.05) is 46.5 Å². The van der Waals surface area contributed by atoms with E-state index in [4.69, 9.17) is 9.47 Å². The lowest BCUT2D eigenvalue weighted by Crippen LogP contribution is -2.48. The molecule has 0 saturated carbocycles. The second-order valence-electron chi connectivity index (χ2n) is 5.93. The van der Waals surface area contributed by atoms with Crippen LogP contribution in [0.3, 0.4) is 0 Å². The van der Waals surface area contributed by atoms with Gasteiger partial charge in [-0.15, -0.1) is 11.3 Å². The van der Waals surface area contributed by atoms with Gasteiger partial charge in [-0.25, -0.2) is 0 Å². The largest absolute Gasteiger partial charge is 0.485 e. The third-order valence-electron chi connectivity index (χ3n) is 4.25. The molecule has 0 fully saturated rings. The molecule has 4 rings (SSSR count). The van der Waals surface area contributed by atoms with Gasteiger partial charge in [-0.05, 0) is 40.4 Å². The van der Waals surface area contributed by atoms with Crippen LogP contribution in [-0.4, -0.2) is 30.3 Å². The maximum absolute atomic E-state index is 12.6. The van der Waals surface area contributed by atoms with Gasteiger partial charge in [-0.1, -0.05) is 18.2 Å². The molecule has 1 amide bonds. The molecule has 1 aliphatic rings. The Morgan fingerprint density at radius 2 is 2.04 bits per heavy atom. The van der Waals surface area contributed by atoms with Crippen molar-refractivity contribution in [1.29, 1.82) is 0 Å². The summed E-state index contributed by atoms with van der Waals surface area (Å²) in [4.78, 5) is 13.4. The molecular formula is C19H17NO4S2. The van der Waals surface area contributed by atoms with Crippen molar-refractivity contribution >= 4 is 28.6 Å². The fourth-order valence-electron chi connectivity index (χ4n) is 2.82. The van der Waals surface area contributed by atoms with Gasteiger partial charge < -0.3 is 19.9 Å². The molecule has 26 heavy (non-hydrogen) atoms. The van der Waals surface area contributed by atoms with Crippen LogP contribution in [0.2, 0.25) is 0 Å². The molecule has 2 aromatic heterocycles. The van der Waals surface area contributed by atoms with Crippen LogP contribution in [0.25, 0.3) is 0 Å². The summed E-state index contributed by atoms with van der Waals surface area (Å²) in [5.74, 6) is 0.861. The fourth-order valence-corrected chi connectivity index (χ4v) is 4.39. The first-order valence-electron chi connectivity index (χ1n) is 8.12. The smallest absolute Gasteiger partial charge is 0.264 e. The van der Waals surface area contributed by atoms with Crippen molar-refractivity contribution < 1.29 is 19.4 Å². The molecule has 2 atom stereocenters. The Labute approximate surface area is 158 Å². The topological polar surface area (TPSA) is 67.8 Å². The van der Waals surface area contributed by atoms with E-state index < -0.39 is 11.7 Å². The fraction of sp³-hybridized carbons (Fsp3) is 0.211. The number of thiophene rings is 2. The van der Waals surface area contributed by atoms with Crippen LogP contribution < -0.4 is 14.8 Å². The normalized spacial score (nSPS) is 18.1. The van der Waals surface area contributed by atoms with Crippen molar-refractivity contribution in [3.05, 3.63) is 69.0 Å². The second kappa shape index (κ2) is 7.11. The molecule has 0 radical (unpaired) electrons. The Balaban J connectivity index is 1.48. The molecule has 3 aromatic rings. The van der Waals surface area contributed by atoms with Gasteiger partial charge in [0.05, 0.1) is 6.54 Å². The zero-order valence-corrected chi connectivity index (χ0v) is 15.4. The molecule has 0 spiro atoms. The highest BCUT2D eigenvalue weighted by Crippen LogP contribution is 2.34. The van der Waals surface area contributed by atoms with Gasteiger partial charge in [0.1, 0.15) is 12.2 Å². The number of rotatable bonds is 5. The number of hydrogen-bond acceptors (Lipinski definition) is 6. The average Bonchev–Trinajstić information content (AvgIpc) is 3.39. The monoisotopic (exact) mass is 387 g/mol. The van der Waals surface area contributed by atoms with Crippen molar-refractivity contribution in [2.24, 2.45) is 0 Å². The predicted molar refractivity (Wildman–Crippen MR) is 101 cm³/mol. The highest BCUT2D eigenvalue weighted by molar-refractivity contribution is 7.10. The minimum Gasteiger partial charge on any atom is -0.485 e. The van der Waals surface area contributed by atoms with E-state index in [-0.39, 0.29) is 19.1 Å². The molecule has 1 aromatic carbocycles. The number of carbonyl (C=O) groups is 1. The maximum atomic E-state index is 12.6. The minimum absolute atomic E-state index is 0.0601. The molecule has 0 saturated heterocycles. The highest BCUT2D eigenvalue weighted by atomic mass is 32.1. The van der Waals surface area contributed by atoms with Crippen molar-refractivity contribution in [3.63, 3.8) is 0 Å². The summed E-state index contributed by atoms with van der Waals surface area (Å²) in [5.41, 5.74) is -0.506. The van der Waals surface area contributed by atoms with E-state index >= 15 is 0 Å². The molecule has 5 nitrogen and oxygen atoms in total. The van der Waals surface area contributed by atoms with Crippen molar-refractivity contribution in [2.75, 3.05) is 13.2 Å². The molecule has 0 unspecified atom stereocenters. The molecule has 134 valence electrons. The standard InChI is InChI=1S/C19H17NO4S2/c21-18(16-10-23-14-4-1-2-5-15(14)24-16)20-12-19(22,13-7-9-25-11-13)17-6-3-8-26-17/h1-9,11,16,22H,10,12H2,(H,20,21)/t16-,19-/m1/s1. The summed E-state index contributed by atoms with van der Waals surface area (Å²) in [6, 6.07) is 12.9. The van der Waals surface area contributed by atoms with Gasteiger partial charge in [0.25, 0.3) is 5.91 Å². The lowest BCUT2D eigenvalue weighted by molar-refractivity contribution is -0.131. The Morgan fingerprint density at radius 3 is 2.77 bits per heavy atom. The number of hydrogen-bond donors (Lipinski definition) is 2. The molecular weight excluding hydrogens is 370 g/mol. The van der Waals surface area contributed by atoms with Crippen molar-refractivity contribution in [1.82, 2.24) is 5.32 Å². The van der Waals surface area contributed by atoms with Crippen LogP contribution in [-0.2, 0) is 10.4 Å². The zero-order valence-electron chi connectivity index (χ0n) is 13.8. The van der Waals surface area contributed by atoms with E-state index in [2.05, 4.69) is 5.32 Å². The van der Waals surface area contributed by atoms with Crippen LogP contribution in [0.1, 0.15) is 10.4 Å². The first-order valence-corrected chi connectivity index (χ1v) is 9.94. The number of nitrogens with one attached hydrogen (secondary N) is 1. The third-order valence-corrected chi connectivity index (χ3v) is 5.95. The van der Waals surface area contributed by atoms with Gasteiger partial charge in [0.15, 0.2) is 11.5 Å². The number of carbonyl (C=O) groups excluding carboxylic acids is 1. The highest BCUT2D eigenvalue weighted by Gasteiger charge is 2.35. The summed E-state index contributed by atoms with van der Waals surface area (Å²) in [6.07, 6.45) is -0.750. The molecule has 2 N–H and O–H groups in total. The van der Waals surface area contributed by atoms with E-state index in [0.717, 1.165) is 10.4 Å². The molecule has 0 bridgehead atoms. The summed E-state index contributed by atoms with van der Waals surface area (Å²) in [7, 11) is 0. The van der Waals surface area contributed by atoms with E-state index in [1.165, 1.54) is 22.7 Å². The number of fused-ring (bicyclic) bond motifs is 1. The van der Waals surface area contributed by atoms with Crippen LogP contribution in [0.5, 0.6) is 11.5 Å². The first kappa shape index (κ1) is 17.1. The van der Waals surface area contributed by atoms with Crippen LogP contribution in [0.4, 0.5) is 0 Å². The summed E-state index contributed by atoms with van der Waals surface area (Å²) in [6.45, 7) is 0.198. The molecule has 7 heteroatoms. The molecule has 3 heterocycles. The summed E-state index contributed by atoms with van der Waals surface area (Å²) in [5, 5.41) is 19.8. The molecule has 1 aliphatic heterocycles. The van der Waals surface area contributed by atoms with Gasteiger partial charge >= 0.3 is 0 Å². The number of aliphatic hydroxyl groups is 1. The average molecular weight is 387 g/mol. The van der Waals surface area contributed by atoms with E-state index in [1.54, 1.807) is 12.1 Å². The maximum Gasteiger partial charge on any atom is 0.264 e. The minimum atomic E-state index is -1.27. The number of amides is 1. The number of benzene rings is 1. The SMILES string of the molecule is O=C(NC[C@@](O)(c1ccsc1)c1cccs1)[C@H]1COc2ccccc2O1. The Kier molecular flexibility index (Phi) is 4.67. The first-order chi connectivity index (χ1) is 12.7. The lowest BCUT2D eigenvalue weighted by Gasteiger charge is -2.29. The van der Waals surface area contributed by atoms with Gasteiger partial charge in [-0.3, -0.25) is 4.79 Å². The lowest BCUT2D eigenvalue weighted by atomic mass is 9.94. The zero-order chi connectivity index (χ0) is 18.0. The van der Waals surface area contributed by atoms with Crippen LogP contribution in [0.15, 0.2) is 58.6 Å². The Bertz CT molecular complexity index is 843. The summed E-state index contributed by atoms with van der Waals surface area (Å²) < 4.78 is 11.3. The van der Waals surface area contributed by atoms with Crippen LogP contribution >= 0.6 is 22.7 Å². The predicted octanol–water partition coefficient (Wildman–Crippen LogP) is 3.00. The van der Waals surface area contributed by atoms with E-state index in [9.17, 15) is 9.90 Å². The third kappa shape index (κ3) is 3.21. The Morgan fingerprint density at radius 1 is 1.19 bits per heavy atom. The van der Waals surface area contributed by atoms with Gasteiger partial charge in [-0.2, -0.15) is 11.3 Å².